The Morgan fingerprint density at radius 1 is 1.23 bits per heavy atom. The fourth-order valence-electron chi connectivity index (χ4n) is 1.35. The molecule has 1 aromatic carbocycles. The van der Waals surface area contributed by atoms with Crippen molar-refractivity contribution in [2.45, 2.75) is 12.1 Å². The monoisotopic (exact) mass is 347 g/mol. The van der Waals surface area contributed by atoms with Gasteiger partial charge in [-0.05, 0) is 12.1 Å². The van der Waals surface area contributed by atoms with Crippen LogP contribution in [0.4, 0.5) is 27.6 Å². The lowest BCUT2D eigenvalue weighted by Gasteiger charge is -2.19. The smallest absolute Gasteiger partial charge is 0.463 e. The number of aromatic carboxylic acids is 1. The molecule has 0 aliphatic rings. The summed E-state index contributed by atoms with van der Waals surface area (Å²) in [5, 5.41) is 9.49. The third-order valence-corrected chi connectivity index (χ3v) is 2.80. The highest BCUT2D eigenvalue weighted by Crippen LogP contribution is 2.39. The summed E-state index contributed by atoms with van der Waals surface area (Å²) in [4.78, 5) is 21.9. The third kappa shape index (κ3) is 3.21. The van der Waals surface area contributed by atoms with Gasteiger partial charge in [0.1, 0.15) is 10.6 Å². The van der Waals surface area contributed by atoms with Crippen molar-refractivity contribution in [1.29, 1.82) is 0 Å². The highest BCUT2D eigenvalue weighted by Gasteiger charge is 2.63. The lowest BCUT2D eigenvalue weighted by molar-refractivity contribution is -0.267. The van der Waals surface area contributed by atoms with Crippen molar-refractivity contribution in [1.82, 2.24) is 0 Å². The molecule has 0 radical (unpaired) electrons. The summed E-state index contributed by atoms with van der Waals surface area (Å²) in [7, 11) is 1.00. The van der Waals surface area contributed by atoms with E-state index in [-0.39, 0.29) is 0 Å². The molecule has 1 amide bonds. The average Bonchev–Trinajstić information content (AvgIpc) is 2.38. The number of ether oxygens (including phenoxy) is 1. The van der Waals surface area contributed by atoms with Gasteiger partial charge in [0.25, 0.3) is 0 Å². The Labute approximate surface area is 124 Å². The lowest BCUT2D eigenvalue weighted by atomic mass is 10.1. The molecule has 0 fully saturated rings. The van der Waals surface area contributed by atoms with Crippen LogP contribution in [0.25, 0.3) is 0 Å². The number of amides is 1. The Morgan fingerprint density at radius 2 is 1.77 bits per heavy atom. The molecule has 0 aliphatic heterocycles. The van der Waals surface area contributed by atoms with Crippen LogP contribution in [-0.2, 0) is 4.79 Å². The highest BCUT2D eigenvalue weighted by molar-refractivity contribution is 6.35. The standard InChI is InChI=1S/C11H7ClF5NO4/c1-22-7-4(8(19)20)2-3-5(6(7)12)18-9(21)10(13,14)11(15,16)17/h2-3H,1H3,(H,18,21)(H,19,20). The average molecular weight is 348 g/mol. The summed E-state index contributed by atoms with van der Waals surface area (Å²) >= 11 is 5.64. The van der Waals surface area contributed by atoms with Crippen molar-refractivity contribution in [3.05, 3.63) is 22.7 Å². The molecule has 22 heavy (non-hydrogen) atoms. The van der Waals surface area contributed by atoms with E-state index < -0.39 is 46.0 Å². The zero-order valence-electron chi connectivity index (χ0n) is 10.6. The molecule has 1 aromatic rings. The normalized spacial score (nSPS) is 12.0. The summed E-state index contributed by atoms with van der Waals surface area (Å²) in [5.41, 5.74) is -1.12. The van der Waals surface area contributed by atoms with E-state index in [1.165, 1.54) is 5.32 Å². The second-order valence-electron chi connectivity index (χ2n) is 3.84. The van der Waals surface area contributed by atoms with Gasteiger partial charge in [-0.25, -0.2) is 4.79 Å². The maximum absolute atomic E-state index is 12.8. The van der Waals surface area contributed by atoms with Crippen molar-refractivity contribution < 1.29 is 41.4 Å². The van der Waals surface area contributed by atoms with Crippen molar-refractivity contribution in [2.75, 3.05) is 12.4 Å². The number of carbonyl (C=O) groups is 2. The number of carboxylic acids is 1. The molecule has 0 saturated heterocycles. The molecule has 122 valence electrons. The molecular formula is C11H7ClF5NO4. The van der Waals surface area contributed by atoms with Crippen molar-refractivity contribution in [3.63, 3.8) is 0 Å². The van der Waals surface area contributed by atoms with Crippen molar-refractivity contribution in [3.8, 4) is 5.75 Å². The summed E-state index contributed by atoms with van der Waals surface area (Å²) in [5.74, 6) is -10.3. The molecule has 0 saturated carbocycles. The maximum atomic E-state index is 12.8. The number of halogens is 6. The number of carboxylic acid groups (broad SMARTS) is 1. The molecule has 1 rings (SSSR count). The predicted octanol–water partition coefficient (Wildman–Crippen LogP) is 3.18. The second kappa shape index (κ2) is 5.95. The minimum Gasteiger partial charge on any atom is -0.494 e. The van der Waals surface area contributed by atoms with Crippen LogP contribution in [0.15, 0.2) is 12.1 Å². The molecule has 0 atom stereocenters. The second-order valence-corrected chi connectivity index (χ2v) is 4.22. The van der Waals surface area contributed by atoms with Gasteiger partial charge in [-0.15, -0.1) is 0 Å². The molecule has 11 heteroatoms. The first-order valence-corrected chi connectivity index (χ1v) is 5.67. The van der Waals surface area contributed by atoms with Crippen LogP contribution in [0.3, 0.4) is 0 Å². The van der Waals surface area contributed by atoms with Crippen LogP contribution in [0.1, 0.15) is 10.4 Å². The number of anilines is 1. The Balaban J connectivity index is 3.21. The van der Waals surface area contributed by atoms with Gasteiger partial charge in [0, 0.05) is 0 Å². The van der Waals surface area contributed by atoms with Crippen molar-refractivity contribution >= 4 is 29.2 Å². The van der Waals surface area contributed by atoms with E-state index >= 15 is 0 Å². The molecule has 0 aliphatic carbocycles. The van der Waals surface area contributed by atoms with Crippen molar-refractivity contribution in [2.24, 2.45) is 0 Å². The minimum absolute atomic E-state index is 0.465. The van der Waals surface area contributed by atoms with Crippen LogP contribution < -0.4 is 10.1 Å². The number of carbonyl (C=O) groups excluding carboxylic acids is 1. The summed E-state index contributed by atoms with van der Waals surface area (Å²) < 4.78 is 66.5. The Morgan fingerprint density at radius 3 is 2.18 bits per heavy atom. The van der Waals surface area contributed by atoms with Gasteiger partial charge in [0.05, 0.1) is 12.8 Å². The highest BCUT2D eigenvalue weighted by atomic mass is 35.5. The molecular weight excluding hydrogens is 341 g/mol. The van der Waals surface area contributed by atoms with Gasteiger partial charge < -0.3 is 15.2 Å². The van der Waals surface area contributed by atoms with Crippen LogP contribution in [-0.4, -0.2) is 36.2 Å². The maximum Gasteiger partial charge on any atom is 0.463 e. The quantitative estimate of drug-likeness (QED) is 0.820. The van der Waals surface area contributed by atoms with Gasteiger partial charge in [-0.3, -0.25) is 4.79 Å². The molecule has 5 nitrogen and oxygen atoms in total. The van der Waals surface area contributed by atoms with Crippen LogP contribution >= 0.6 is 11.6 Å². The molecule has 0 spiro atoms. The van der Waals surface area contributed by atoms with E-state index in [1.807, 2.05) is 0 Å². The number of rotatable bonds is 4. The largest absolute Gasteiger partial charge is 0.494 e. The fraction of sp³-hybridized carbons (Fsp3) is 0.273. The Bertz CT molecular complexity index is 617. The van der Waals surface area contributed by atoms with Gasteiger partial charge in [-0.1, -0.05) is 11.6 Å². The first kappa shape index (κ1) is 18.0. The van der Waals surface area contributed by atoms with Gasteiger partial charge in [-0.2, -0.15) is 22.0 Å². The zero-order chi connectivity index (χ0) is 17.3. The van der Waals surface area contributed by atoms with Crippen LogP contribution in [0.5, 0.6) is 5.75 Å². The first-order valence-electron chi connectivity index (χ1n) is 5.29. The molecule has 0 heterocycles. The van der Waals surface area contributed by atoms with Gasteiger partial charge >= 0.3 is 24.0 Å². The number of methoxy groups -OCH3 is 1. The Hall–Kier alpha value is -2.10. The number of nitrogens with one attached hydrogen (secondary N) is 1. The number of hydrogen-bond acceptors (Lipinski definition) is 3. The molecule has 2 N–H and O–H groups in total. The predicted molar refractivity (Wildman–Crippen MR) is 64.6 cm³/mol. The minimum atomic E-state index is -6.09. The summed E-state index contributed by atoms with van der Waals surface area (Å²) in [6, 6.07) is 1.59. The van der Waals surface area contributed by atoms with Crippen LogP contribution in [0, 0.1) is 0 Å². The lowest BCUT2D eigenvalue weighted by Crippen LogP contribution is -2.47. The number of hydrogen-bond donors (Lipinski definition) is 2. The summed E-state index contributed by atoms with van der Waals surface area (Å²) in [6.45, 7) is 0. The van der Waals surface area contributed by atoms with Crippen LogP contribution in [0.2, 0.25) is 5.02 Å². The van der Waals surface area contributed by atoms with E-state index in [4.69, 9.17) is 16.7 Å². The summed E-state index contributed by atoms with van der Waals surface area (Å²) in [6.07, 6.45) is -6.09. The molecule has 0 bridgehead atoms. The first-order chi connectivity index (χ1) is 9.93. The number of alkyl halides is 5. The molecule has 0 aromatic heterocycles. The van der Waals surface area contributed by atoms with E-state index in [1.54, 1.807) is 0 Å². The SMILES string of the molecule is COc1c(C(=O)O)ccc(NC(=O)C(F)(F)C(F)(F)F)c1Cl. The zero-order valence-corrected chi connectivity index (χ0v) is 11.4. The van der Waals surface area contributed by atoms with Gasteiger partial charge in [0.2, 0.25) is 0 Å². The Kier molecular flexibility index (Phi) is 4.86. The molecule has 0 unspecified atom stereocenters. The topological polar surface area (TPSA) is 75.6 Å². The number of benzene rings is 1. The third-order valence-electron chi connectivity index (χ3n) is 2.42. The van der Waals surface area contributed by atoms with E-state index in [0.717, 1.165) is 19.2 Å². The van der Waals surface area contributed by atoms with Gasteiger partial charge in [0.15, 0.2) is 5.75 Å². The van der Waals surface area contributed by atoms with E-state index in [0.29, 0.717) is 0 Å². The van der Waals surface area contributed by atoms with E-state index in [2.05, 4.69) is 4.74 Å². The fourth-order valence-corrected chi connectivity index (χ4v) is 1.64. The van der Waals surface area contributed by atoms with E-state index in [9.17, 15) is 31.5 Å².